The Morgan fingerprint density at radius 2 is 1.73 bits per heavy atom. The summed E-state index contributed by atoms with van der Waals surface area (Å²) in [7, 11) is 0. The molecule has 26 heavy (non-hydrogen) atoms. The van der Waals surface area contributed by atoms with Crippen molar-refractivity contribution in [3.8, 4) is 5.75 Å². The first kappa shape index (κ1) is 22.5. The van der Waals surface area contributed by atoms with Gasteiger partial charge >= 0.3 is 17.9 Å². The fraction of sp³-hybridized carbons (Fsp3) is 0.471. The Balaban J connectivity index is 3.22. The van der Waals surface area contributed by atoms with Gasteiger partial charge in [0.1, 0.15) is 5.56 Å². The number of rotatable bonds is 5. The van der Waals surface area contributed by atoms with Crippen LogP contribution in [0.3, 0.4) is 0 Å². The zero-order valence-electron chi connectivity index (χ0n) is 14.7. The lowest BCUT2D eigenvalue weighted by Gasteiger charge is -2.29. The molecule has 1 unspecified atom stereocenters. The first-order valence-corrected chi connectivity index (χ1v) is 8.83. The van der Waals surface area contributed by atoms with Crippen LogP contribution in [0.25, 0.3) is 0 Å². The molecule has 0 aliphatic carbocycles. The molecule has 9 heteroatoms. The average molecular weight is 426 g/mol. The van der Waals surface area contributed by atoms with E-state index in [2.05, 4.69) is 4.74 Å². The van der Waals surface area contributed by atoms with Crippen LogP contribution in [0.2, 0.25) is 15.1 Å². The highest BCUT2D eigenvalue weighted by molar-refractivity contribution is 6.46. The number of carboxylic acids is 1. The van der Waals surface area contributed by atoms with Crippen molar-refractivity contribution in [2.45, 2.75) is 34.1 Å². The maximum atomic E-state index is 12.5. The third kappa shape index (κ3) is 5.50. The Bertz CT molecular complexity index is 724. The van der Waals surface area contributed by atoms with Crippen molar-refractivity contribution in [3.63, 3.8) is 0 Å². The zero-order chi connectivity index (χ0) is 20.2. The second-order valence-electron chi connectivity index (χ2n) is 6.62. The summed E-state index contributed by atoms with van der Waals surface area (Å²) in [6.45, 7) is 8.09. The summed E-state index contributed by atoms with van der Waals surface area (Å²) in [6, 6.07) is 1.14. The van der Waals surface area contributed by atoms with E-state index in [4.69, 9.17) is 44.6 Å². The first-order chi connectivity index (χ1) is 11.9. The SMILES string of the molecule is CCC(COC(=O)c1c(Cl)c(Cl)cc(Cl)c1OC(=O)C(=O)O)C(C)(C)C. The molecule has 0 aliphatic rings. The molecule has 0 amide bonds. The molecule has 0 aromatic heterocycles. The third-order valence-corrected chi connectivity index (χ3v) is 4.90. The number of hydrogen-bond donors (Lipinski definition) is 1. The van der Waals surface area contributed by atoms with Crippen LogP contribution in [0.1, 0.15) is 44.5 Å². The second kappa shape index (κ2) is 8.93. The summed E-state index contributed by atoms with van der Waals surface area (Å²) in [5.74, 6) is -4.85. The van der Waals surface area contributed by atoms with Gasteiger partial charge in [0.25, 0.3) is 0 Å². The summed E-state index contributed by atoms with van der Waals surface area (Å²) >= 11 is 17.9. The molecule has 0 saturated heterocycles. The molecule has 0 radical (unpaired) electrons. The Morgan fingerprint density at radius 3 is 2.19 bits per heavy atom. The number of ether oxygens (including phenoxy) is 2. The van der Waals surface area contributed by atoms with E-state index in [0.717, 1.165) is 12.5 Å². The van der Waals surface area contributed by atoms with Crippen molar-refractivity contribution in [2.24, 2.45) is 11.3 Å². The van der Waals surface area contributed by atoms with E-state index in [0.29, 0.717) is 0 Å². The number of carbonyl (C=O) groups excluding carboxylic acids is 2. The van der Waals surface area contributed by atoms with Crippen molar-refractivity contribution in [3.05, 3.63) is 26.7 Å². The standard InChI is InChI=1S/C17H19Cl3O6/c1-5-8(17(2,3)4)7-25-15(23)11-12(20)9(18)6-10(19)13(11)26-16(24)14(21)22/h6,8H,5,7H2,1-4H3,(H,21,22). The van der Waals surface area contributed by atoms with Crippen molar-refractivity contribution < 1.29 is 29.0 Å². The molecule has 1 rings (SSSR count). The Hall–Kier alpha value is -1.50. The largest absolute Gasteiger partial charge is 0.473 e. The summed E-state index contributed by atoms with van der Waals surface area (Å²) < 4.78 is 9.98. The van der Waals surface area contributed by atoms with E-state index >= 15 is 0 Å². The summed E-state index contributed by atoms with van der Waals surface area (Å²) in [6.07, 6.45) is 0.766. The van der Waals surface area contributed by atoms with Gasteiger partial charge in [-0.2, -0.15) is 0 Å². The van der Waals surface area contributed by atoms with Gasteiger partial charge in [-0.25, -0.2) is 14.4 Å². The highest BCUT2D eigenvalue weighted by atomic mass is 35.5. The lowest BCUT2D eigenvalue weighted by Crippen LogP contribution is -2.26. The summed E-state index contributed by atoms with van der Waals surface area (Å²) in [5.41, 5.74) is -0.508. The van der Waals surface area contributed by atoms with E-state index in [1.807, 2.05) is 27.7 Å². The molecule has 1 aromatic carbocycles. The Morgan fingerprint density at radius 1 is 1.15 bits per heavy atom. The van der Waals surface area contributed by atoms with Crippen LogP contribution in [0, 0.1) is 11.3 Å². The average Bonchev–Trinajstić information content (AvgIpc) is 2.51. The van der Waals surface area contributed by atoms with Gasteiger partial charge in [-0.05, 0) is 23.8 Å². The van der Waals surface area contributed by atoms with Gasteiger partial charge < -0.3 is 14.6 Å². The van der Waals surface area contributed by atoms with Crippen LogP contribution in [0.15, 0.2) is 6.07 Å². The van der Waals surface area contributed by atoms with Crippen molar-refractivity contribution in [1.29, 1.82) is 0 Å². The van der Waals surface area contributed by atoms with Crippen molar-refractivity contribution >= 4 is 52.7 Å². The van der Waals surface area contributed by atoms with Gasteiger partial charge in [-0.1, -0.05) is 62.5 Å². The van der Waals surface area contributed by atoms with E-state index < -0.39 is 29.2 Å². The first-order valence-electron chi connectivity index (χ1n) is 7.69. The van der Waals surface area contributed by atoms with Crippen LogP contribution >= 0.6 is 34.8 Å². The maximum Gasteiger partial charge on any atom is 0.422 e. The predicted octanol–water partition coefficient (Wildman–Crippen LogP) is 4.87. The summed E-state index contributed by atoms with van der Waals surface area (Å²) in [5, 5.41) is 8.13. The second-order valence-corrected chi connectivity index (χ2v) is 7.82. The maximum absolute atomic E-state index is 12.5. The van der Waals surface area contributed by atoms with E-state index in [1.54, 1.807) is 0 Å². The number of carbonyl (C=O) groups is 3. The minimum absolute atomic E-state index is 0.0601. The van der Waals surface area contributed by atoms with E-state index in [9.17, 15) is 14.4 Å². The van der Waals surface area contributed by atoms with Gasteiger partial charge in [-0.3, -0.25) is 0 Å². The van der Waals surface area contributed by atoms with Crippen molar-refractivity contribution in [1.82, 2.24) is 0 Å². The van der Waals surface area contributed by atoms with Gasteiger partial charge in [0.15, 0.2) is 5.75 Å². The monoisotopic (exact) mass is 424 g/mol. The minimum Gasteiger partial charge on any atom is -0.473 e. The fourth-order valence-electron chi connectivity index (χ4n) is 2.23. The van der Waals surface area contributed by atoms with Crippen LogP contribution < -0.4 is 4.74 Å². The summed E-state index contributed by atoms with van der Waals surface area (Å²) in [4.78, 5) is 34.6. The lowest BCUT2D eigenvalue weighted by molar-refractivity contribution is -0.158. The van der Waals surface area contributed by atoms with Gasteiger partial charge in [-0.15, -0.1) is 0 Å². The normalized spacial score (nSPS) is 12.4. The number of aliphatic carboxylic acids is 1. The highest BCUT2D eigenvalue weighted by Crippen LogP contribution is 2.40. The Kier molecular flexibility index (Phi) is 7.74. The van der Waals surface area contributed by atoms with E-state index in [1.165, 1.54) is 0 Å². The molecule has 1 N–H and O–H groups in total. The number of benzene rings is 1. The minimum atomic E-state index is -1.86. The zero-order valence-corrected chi connectivity index (χ0v) is 17.0. The smallest absolute Gasteiger partial charge is 0.422 e. The van der Waals surface area contributed by atoms with Crippen LogP contribution in [0.4, 0.5) is 0 Å². The molecular weight excluding hydrogens is 407 g/mol. The molecule has 0 fully saturated rings. The molecule has 0 heterocycles. The molecule has 6 nitrogen and oxygen atoms in total. The molecule has 1 atom stereocenters. The molecule has 1 aromatic rings. The third-order valence-electron chi connectivity index (χ3n) is 3.83. The molecule has 0 aliphatic heterocycles. The van der Waals surface area contributed by atoms with Crippen LogP contribution in [-0.2, 0) is 14.3 Å². The van der Waals surface area contributed by atoms with Gasteiger partial charge in [0, 0.05) is 0 Å². The molecule has 0 bridgehead atoms. The molecule has 0 spiro atoms. The molecular formula is C17H19Cl3O6. The van der Waals surface area contributed by atoms with Crippen LogP contribution in [0.5, 0.6) is 5.75 Å². The number of hydrogen-bond acceptors (Lipinski definition) is 5. The number of esters is 2. The van der Waals surface area contributed by atoms with Gasteiger partial charge in [0.05, 0.1) is 21.7 Å². The molecule has 144 valence electrons. The van der Waals surface area contributed by atoms with Crippen LogP contribution in [-0.4, -0.2) is 29.6 Å². The topological polar surface area (TPSA) is 89.9 Å². The predicted molar refractivity (Wildman–Crippen MR) is 98.3 cm³/mol. The van der Waals surface area contributed by atoms with Crippen molar-refractivity contribution in [2.75, 3.05) is 6.61 Å². The fourth-order valence-corrected chi connectivity index (χ4v) is 2.94. The lowest BCUT2D eigenvalue weighted by atomic mass is 9.80. The highest BCUT2D eigenvalue weighted by Gasteiger charge is 2.30. The number of halogens is 3. The Labute approximate surface area is 166 Å². The number of carboxylic acid groups (broad SMARTS) is 1. The van der Waals surface area contributed by atoms with Gasteiger partial charge in [0.2, 0.25) is 0 Å². The van der Waals surface area contributed by atoms with E-state index in [-0.39, 0.29) is 33.0 Å². The molecule has 0 saturated carbocycles. The quantitative estimate of drug-likeness (QED) is 0.313.